The molecule has 1 aromatic heterocycles. The Morgan fingerprint density at radius 2 is 2.33 bits per heavy atom. The fourth-order valence-electron chi connectivity index (χ4n) is 1.54. The van der Waals surface area contributed by atoms with Crippen LogP contribution in [0.5, 0.6) is 0 Å². The summed E-state index contributed by atoms with van der Waals surface area (Å²) < 4.78 is 0. The summed E-state index contributed by atoms with van der Waals surface area (Å²) in [6.45, 7) is 4.53. The largest absolute Gasteiger partial charge is 0.330 e. The number of aryl methyl sites for hydroxylation is 1. The van der Waals surface area contributed by atoms with Gasteiger partial charge in [0.2, 0.25) is 0 Å². The lowest BCUT2D eigenvalue weighted by molar-refractivity contribution is 0.0922. The number of pyridine rings is 1. The molecule has 0 radical (unpaired) electrons. The third kappa shape index (κ3) is 3.13. The Labute approximate surface area is 90.7 Å². The molecule has 15 heavy (non-hydrogen) atoms. The first kappa shape index (κ1) is 11.9. The molecule has 0 aromatic carbocycles. The molecule has 0 bridgehead atoms. The topological polar surface area (TPSA) is 56.0 Å². The van der Waals surface area contributed by atoms with Gasteiger partial charge in [-0.1, -0.05) is 6.92 Å². The molecule has 1 rings (SSSR count). The number of carbonyl (C=O) groups excluding carboxylic acids is 1. The van der Waals surface area contributed by atoms with Crippen molar-refractivity contribution in [1.82, 2.24) is 4.98 Å². The second kappa shape index (κ2) is 5.61. The minimum atomic E-state index is 0.0384. The summed E-state index contributed by atoms with van der Waals surface area (Å²) in [5.41, 5.74) is 7.15. The van der Waals surface area contributed by atoms with Crippen molar-refractivity contribution in [2.75, 3.05) is 6.54 Å². The zero-order valence-electron chi connectivity index (χ0n) is 9.36. The minimum absolute atomic E-state index is 0.0384. The molecule has 3 nitrogen and oxygen atoms in total. The SMILES string of the molecule is Cc1ccncc1C(=O)C(C)CCCN. The van der Waals surface area contributed by atoms with Crippen molar-refractivity contribution >= 4 is 5.78 Å². The van der Waals surface area contributed by atoms with E-state index in [-0.39, 0.29) is 11.7 Å². The molecule has 1 heterocycles. The van der Waals surface area contributed by atoms with Gasteiger partial charge in [-0.3, -0.25) is 9.78 Å². The number of Topliss-reactive ketones (excluding diaryl/α,β-unsaturated/α-hetero) is 1. The third-order valence-corrected chi connectivity index (χ3v) is 2.59. The van der Waals surface area contributed by atoms with Gasteiger partial charge in [-0.15, -0.1) is 0 Å². The van der Waals surface area contributed by atoms with E-state index in [0.717, 1.165) is 24.0 Å². The second-order valence-electron chi connectivity index (χ2n) is 3.89. The van der Waals surface area contributed by atoms with E-state index in [2.05, 4.69) is 4.98 Å². The van der Waals surface area contributed by atoms with Crippen molar-refractivity contribution in [2.24, 2.45) is 11.7 Å². The first-order valence-electron chi connectivity index (χ1n) is 5.31. The lowest BCUT2D eigenvalue weighted by Crippen LogP contribution is -2.14. The van der Waals surface area contributed by atoms with E-state index in [1.54, 1.807) is 12.4 Å². The van der Waals surface area contributed by atoms with Crippen LogP contribution in [0.2, 0.25) is 0 Å². The van der Waals surface area contributed by atoms with E-state index >= 15 is 0 Å². The Kier molecular flexibility index (Phi) is 4.43. The molecule has 0 fully saturated rings. The van der Waals surface area contributed by atoms with Crippen LogP contribution in [0.3, 0.4) is 0 Å². The van der Waals surface area contributed by atoms with Gasteiger partial charge in [0, 0.05) is 23.9 Å². The average molecular weight is 206 g/mol. The maximum Gasteiger partial charge on any atom is 0.167 e. The van der Waals surface area contributed by atoms with Crippen molar-refractivity contribution in [3.05, 3.63) is 29.6 Å². The Morgan fingerprint density at radius 3 is 2.93 bits per heavy atom. The molecule has 0 saturated heterocycles. The maximum absolute atomic E-state index is 12.0. The van der Waals surface area contributed by atoms with Gasteiger partial charge in [0.05, 0.1) is 0 Å². The van der Waals surface area contributed by atoms with Gasteiger partial charge in [-0.25, -0.2) is 0 Å². The predicted molar refractivity (Wildman–Crippen MR) is 60.8 cm³/mol. The van der Waals surface area contributed by atoms with E-state index in [4.69, 9.17) is 5.73 Å². The highest BCUT2D eigenvalue weighted by molar-refractivity contribution is 5.98. The Hall–Kier alpha value is -1.22. The van der Waals surface area contributed by atoms with Gasteiger partial charge < -0.3 is 5.73 Å². The summed E-state index contributed by atoms with van der Waals surface area (Å²) in [6.07, 6.45) is 5.10. The second-order valence-corrected chi connectivity index (χ2v) is 3.89. The molecule has 1 unspecified atom stereocenters. The quantitative estimate of drug-likeness (QED) is 0.749. The first-order chi connectivity index (χ1) is 7.16. The van der Waals surface area contributed by atoms with Crippen LogP contribution in [0.25, 0.3) is 0 Å². The highest BCUT2D eigenvalue weighted by Crippen LogP contribution is 2.15. The molecule has 0 aliphatic carbocycles. The molecule has 0 saturated carbocycles. The Bertz CT molecular complexity index is 336. The lowest BCUT2D eigenvalue weighted by atomic mass is 9.94. The van der Waals surface area contributed by atoms with Crippen LogP contribution in [-0.2, 0) is 0 Å². The summed E-state index contributed by atoms with van der Waals surface area (Å²) in [4.78, 5) is 16.0. The van der Waals surface area contributed by atoms with Gasteiger partial charge in [-0.2, -0.15) is 0 Å². The number of aromatic nitrogens is 1. The number of hydrogen-bond acceptors (Lipinski definition) is 3. The number of ketones is 1. The summed E-state index contributed by atoms with van der Waals surface area (Å²) in [7, 11) is 0. The Balaban J connectivity index is 2.72. The average Bonchev–Trinajstić information content (AvgIpc) is 2.25. The molecule has 0 aliphatic heterocycles. The number of nitrogens with two attached hydrogens (primary N) is 1. The summed E-state index contributed by atoms with van der Waals surface area (Å²) >= 11 is 0. The van der Waals surface area contributed by atoms with Crippen molar-refractivity contribution < 1.29 is 4.79 Å². The molecular formula is C12H18N2O. The molecule has 1 aromatic rings. The maximum atomic E-state index is 12.0. The number of carbonyl (C=O) groups is 1. The van der Waals surface area contributed by atoms with Crippen molar-refractivity contribution in [2.45, 2.75) is 26.7 Å². The van der Waals surface area contributed by atoms with Crippen LogP contribution in [-0.4, -0.2) is 17.3 Å². The Morgan fingerprint density at radius 1 is 1.60 bits per heavy atom. The van der Waals surface area contributed by atoms with Gasteiger partial charge in [0.15, 0.2) is 5.78 Å². The smallest absolute Gasteiger partial charge is 0.167 e. The standard InChI is InChI=1S/C12H18N2O/c1-9-5-7-14-8-11(9)12(15)10(2)4-3-6-13/h5,7-8,10H,3-4,6,13H2,1-2H3. The summed E-state index contributed by atoms with van der Waals surface area (Å²) in [5.74, 6) is 0.213. The van der Waals surface area contributed by atoms with Gasteiger partial charge in [0.1, 0.15) is 0 Å². The van der Waals surface area contributed by atoms with E-state index in [1.165, 1.54) is 0 Å². The zero-order chi connectivity index (χ0) is 11.3. The van der Waals surface area contributed by atoms with Crippen LogP contribution in [0.1, 0.15) is 35.7 Å². The van der Waals surface area contributed by atoms with Crippen LogP contribution < -0.4 is 5.73 Å². The van der Waals surface area contributed by atoms with Gasteiger partial charge in [0.25, 0.3) is 0 Å². The molecule has 0 aliphatic rings. The van der Waals surface area contributed by atoms with Gasteiger partial charge in [-0.05, 0) is 37.9 Å². The molecule has 0 amide bonds. The van der Waals surface area contributed by atoms with E-state index < -0.39 is 0 Å². The van der Waals surface area contributed by atoms with Crippen molar-refractivity contribution in [3.8, 4) is 0 Å². The van der Waals surface area contributed by atoms with Crippen LogP contribution in [0.4, 0.5) is 0 Å². The molecule has 1 atom stereocenters. The summed E-state index contributed by atoms with van der Waals surface area (Å²) in [6, 6.07) is 1.86. The molecule has 0 spiro atoms. The molecule has 2 N–H and O–H groups in total. The first-order valence-corrected chi connectivity index (χ1v) is 5.31. The van der Waals surface area contributed by atoms with Crippen molar-refractivity contribution in [3.63, 3.8) is 0 Å². The van der Waals surface area contributed by atoms with Crippen molar-refractivity contribution in [1.29, 1.82) is 0 Å². The molecular weight excluding hydrogens is 188 g/mol. The van der Waals surface area contributed by atoms with Crippen LogP contribution in [0.15, 0.2) is 18.5 Å². The third-order valence-electron chi connectivity index (χ3n) is 2.59. The molecule has 3 heteroatoms. The lowest BCUT2D eigenvalue weighted by Gasteiger charge is -2.10. The predicted octanol–water partition coefficient (Wildman–Crippen LogP) is 1.95. The number of hydrogen-bond donors (Lipinski definition) is 1. The van der Waals surface area contributed by atoms with E-state index in [1.807, 2.05) is 19.9 Å². The fourth-order valence-corrected chi connectivity index (χ4v) is 1.54. The van der Waals surface area contributed by atoms with Crippen LogP contribution in [0, 0.1) is 12.8 Å². The normalized spacial score (nSPS) is 12.5. The monoisotopic (exact) mass is 206 g/mol. The van der Waals surface area contributed by atoms with Gasteiger partial charge >= 0.3 is 0 Å². The number of nitrogens with zero attached hydrogens (tertiary/aromatic N) is 1. The van der Waals surface area contributed by atoms with E-state index in [9.17, 15) is 4.79 Å². The minimum Gasteiger partial charge on any atom is -0.330 e. The summed E-state index contributed by atoms with van der Waals surface area (Å²) in [5, 5.41) is 0. The van der Waals surface area contributed by atoms with Crippen LogP contribution >= 0.6 is 0 Å². The number of rotatable bonds is 5. The molecule has 82 valence electrons. The highest BCUT2D eigenvalue weighted by Gasteiger charge is 2.16. The zero-order valence-corrected chi connectivity index (χ0v) is 9.36. The fraction of sp³-hybridized carbons (Fsp3) is 0.500. The van der Waals surface area contributed by atoms with E-state index in [0.29, 0.717) is 6.54 Å². The highest BCUT2D eigenvalue weighted by atomic mass is 16.1.